The molecule has 4 atom stereocenters. The van der Waals surface area contributed by atoms with Gasteiger partial charge in [-0.1, -0.05) is 12.2 Å². The van der Waals surface area contributed by atoms with Gasteiger partial charge in [0.1, 0.15) is 17.7 Å². The van der Waals surface area contributed by atoms with E-state index in [4.69, 9.17) is 9.47 Å². The predicted molar refractivity (Wildman–Crippen MR) is 98.3 cm³/mol. The molecule has 0 aromatic heterocycles. The summed E-state index contributed by atoms with van der Waals surface area (Å²) in [6.45, 7) is 5.52. The Morgan fingerprint density at radius 3 is 2.44 bits per heavy atom. The van der Waals surface area contributed by atoms with Crippen molar-refractivity contribution in [3.8, 4) is 0 Å². The first-order chi connectivity index (χ1) is 12.6. The van der Waals surface area contributed by atoms with Crippen molar-refractivity contribution in [1.29, 1.82) is 0 Å². The van der Waals surface area contributed by atoms with E-state index in [1.54, 1.807) is 20.8 Å². The molecule has 0 aromatic rings. The van der Waals surface area contributed by atoms with Crippen LogP contribution in [0, 0.1) is 11.8 Å². The molecule has 2 bridgehead atoms. The fourth-order valence-corrected chi connectivity index (χ4v) is 3.42. The molecule has 2 rings (SSSR count). The highest BCUT2D eigenvalue weighted by Crippen LogP contribution is 2.40. The molecule has 1 saturated carbocycles. The van der Waals surface area contributed by atoms with E-state index in [-0.39, 0.29) is 12.5 Å². The first-order valence-electron chi connectivity index (χ1n) is 9.49. The Hall–Kier alpha value is -2.25. The number of rotatable bonds is 8. The molecule has 27 heavy (non-hydrogen) atoms. The van der Waals surface area contributed by atoms with Crippen molar-refractivity contribution in [2.24, 2.45) is 11.8 Å². The Morgan fingerprint density at radius 1 is 1.15 bits per heavy atom. The molecule has 0 aromatic carbocycles. The van der Waals surface area contributed by atoms with Crippen LogP contribution in [-0.4, -0.2) is 47.6 Å². The van der Waals surface area contributed by atoms with Crippen molar-refractivity contribution in [3.05, 3.63) is 12.2 Å². The maximum absolute atomic E-state index is 11.8. The fraction of sp³-hybridized carbons (Fsp3) is 0.737. The first kappa shape index (κ1) is 21.1. The van der Waals surface area contributed by atoms with Crippen LogP contribution in [0.2, 0.25) is 0 Å². The zero-order valence-electron chi connectivity index (χ0n) is 16.2. The number of aliphatic carboxylic acids is 1. The van der Waals surface area contributed by atoms with Crippen LogP contribution in [0.1, 0.15) is 52.9 Å². The molecule has 2 aliphatic carbocycles. The van der Waals surface area contributed by atoms with Gasteiger partial charge in [-0.05, 0) is 58.8 Å². The van der Waals surface area contributed by atoms with Crippen LogP contribution in [0.15, 0.2) is 12.2 Å². The van der Waals surface area contributed by atoms with Gasteiger partial charge in [-0.3, -0.25) is 0 Å². The van der Waals surface area contributed by atoms with E-state index in [2.05, 4.69) is 22.8 Å². The van der Waals surface area contributed by atoms with Gasteiger partial charge in [0, 0.05) is 12.5 Å². The average Bonchev–Trinajstić information content (AvgIpc) is 3.14. The van der Waals surface area contributed by atoms with Gasteiger partial charge >= 0.3 is 18.2 Å². The van der Waals surface area contributed by atoms with Gasteiger partial charge in [0.2, 0.25) is 0 Å². The van der Waals surface area contributed by atoms with Gasteiger partial charge in [0.05, 0.1) is 0 Å². The summed E-state index contributed by atoms with van der Waals surface area (Å²) in [6.07, 6.45) is 6.43. The minimum atomic E-state index is -1.11. The molecule has 0 saturated heterocycles. The van der Waals surface area contributed by atoms with Crippen LogP contribution in [0.4, 0.5) is 9.59 Å². The van der Waals surface area contributed by atoms with E-state index in [0.717, 1.165) is 12.8 Å². The molecule has 3 N–H and O–H groups in total. The van der Waals surface area contributed by atoms with Crippen LogP contribution < -0.4 is 10.6 Å². The lowest BCUT2D eigenvalue weighted by atomic mass is 10.1. The highest BCUT2D eigenvalue weighted by Gasteiger charge is 2.38. The summed E-state index contributed by atoms with van der Waals surface area (Å²) in [5.74, 6) is -0.230. The van der Waals surface area contributed by atoms with Gasteiger partial charge in [-0.15, -0.1) is 0 Å². The van der Waals surface area contributed by atoms with Gasteiger partial charge in [-0.2, -0.15) is 0 Å². The Bertz CT molecular complexity index is 583. The average molecular weight is 382 g/mol. The molecular weight excluding hydrogens is 352 g/mol. The number of amides is 2. The number of hydrogen-bond acceptors (Lipinski definition) is 5. The number of unbranched alkanes of at least 4 members (excludes halogenated alkanes) is 1. The van der Waals surface area contributed by atoms with Gasteiger partial charge in [0.15, 0.2) is 0 Å². The topological polar surface area (TPSA) is 114 Å². The van der Waals surface area contributed by atoms with Crippen LogP contribution in [0.25, 0.3) is 0 Å². The zero-order chi connectivity index (χ0) is 20.0. The zero-order valence-corrected chi connectivity index (χ0v) is 16.2. The summed E-state index contributed by atoms with van der Waals surface area (Å²) in [6, 6.07) is -1.02. The van der Waals surface area contributed by atoms with Crippen molar-refractivity contribution >= 4 is 18.2 Å². The molecule has 2 amide bonds. The van der Waals surface area contributed by atoms with Crippen LogP contribution >= 0.6 is 0 Å². The third kappa shape index (κ3) is 7.11. The van der Waals surface area contributed by atoms with E-state index in [1.807, 2.05) is 0 Å². The number of allylic oxidation sites excluding steroid dienone is 1. The molecule has 8 heteroatoms. The highest BCUT2D eigenvalue weighted by molar-refractivity contribution is 5.79. The number of carbonyl (C=O) groups excluding carboxylic acids is 2. The molecule has 0 spiro atoms. The smallest absolute Gasteiger partial charge is 0.408 e. The monoisotopic (exact) mass is 382 g/mol. The third-order valence-corrected chi connectivity index (χ3v) is 4.65. The van der Waals surface area contributed by atoms with E-state index in [1.165, 1.54) is 0 Å². The second-order valence-corrected chi connectivity index (χ2v) is 8.18. The van der Waals surface area contributed by atoms with Gasteiger partial charge in [0.25, 0.3) is 0 Å². The number of hydrogen-bond donors (Lipinski definition) is 3. The Morgan fingerprint density at radius 2 is 1.89 bits per heavy atom. The molecule has 0 radical (unpaired) electrons. The second kappa shape index (κ2) is 9.10. The highest BCUT2D eigenvalue weighted by atomic mass is 16.6. The molecule has 1 fully saturated rings. The lowest BCUT2D eigenvalue weighted by Crippen LogP contribution is -2.43. The third-order valence-electron chi connectivity index (χ3n) is 4.65. The number of ether oxygens (including phenoxy) is 2. The number of carboxylic acid groups (broad SMARTS) is 1. The SMILES string of the molecule is CC(C)(C)OC(=O)N[C@@H](CCCCNC(=O)OC1CC2C=CC1C2)C(=O)O. The number of alkyl carbamates (subject to hydrolysis) is 2. The lowest BCUT2D eigenvalue weighted by Gasteiger charge is -2.22. The normalized spacial score (nSPS) is 24.3. The maximum atomic E-state index is 11.8. The second-order valence-electron chi connectivity index (χ2n) is 8.18. The van der Waals surface area contributed by atoms with E-state index >= 15 is 0 Å². The van der Waals surface area contributed by atoms with Crippen molar-refractivity contribution in [3.63, 3.8) is 0 Å². The molecule has 2 aliphatic rings. The quantitative estimate of drug-likeness (QED) is 0.439. The number of nitrogens with one attached hydrogen (secondary N) is 2. The van der Waals surface area contributed by atoms with Gasteiger partial charge in [-0.25, -0.2) is 14.4 Å². The predicted octanol–water partition coefficient (Wildman–Crippen LogP) is 2.83. The number of carboxylic acids is 1. The minimum Gasteiger partial charge on any atom is -0.480 e. The Labute approximate surface area is 159 Å². The summed E-state index contributed by atoms with van der Waals surface area (Å²) in [5, 5.41) is 14.3. The summed E-state index contributed by atoms with van der Waals surface area (Å²) >= 11 is 0. The van der Waals surface area contributed by atoms with Crippen molar-refractivity contribution in [2.75, 3.05) is 6.54 Å². The minimum absolute atomic E-state index is 0.0329. The van der Waals surface area contributed by atoms with Crippen molar-refractivity contribution in [1.82, 2.24) is 10.6 Å². The van der Waals surface area contributed by atoms with E-state index in [9.17, 15) is 19.5 Å². The maximum Gasteiger partial charge on any atom is 0.408 e. The molecular formula is C19H30N2O6. The lowest BCUT2D eigenvalue weighted by molar-refractivity contribution is -0.139. The molecule has 152 valence electrons. The Kier molecular flexibility index (Phi) is 7.10. The summed E-state index contributed by atoms with van der Waals surface area (Å²) in [4.78, 5) is 34.8. The van der Waals surface area contributed by atoms with Crippen LogP contribution in [0.3, 0.4) is 0 Å². The summed E-state index contributed by atoms with van der Waals surface area (Å²) < 4.78 is 10.5. The largest absolute Gasteiger partial charge is 0.480 e. The van der Waals surface area contributed by atoms with Crippen LogP contribution in [-0.2, 0) is 14.3 Å². The molecule has 0 heterocycles. The number of carbonyl (C=O) groups is 3. The van der Waals surface area contributed by atoms with Crippen LogP contribution in [0.5, 0.6) is 0 Å². The van der Waals surface area contributed by atoms with E-state index < -0.39 is 29.8 Å². The van der Waals surface area contributed by atoms with Gasteiger partial charge < -0.3 is 25.2 Å². The number of fused-ring (bicyclic) bond motifs is 2. The molecule has 0 aliphatic heterocycles. The van der Waals surface area contributed by atoms with Crippen molar-refractivity contribution < 1.29 is 29.0 Å². The first-order valence-corrected chi connectivity index (χ1v) is 9.49. The summed E-state index contributed by atoms with van der Waals surface area (Å²) in [5.41, 5.74) is -0.688. The Balaban J connectivity index is 1.59. The fourth-order valence-electron chi connectivity index (χ4n) is 3.42. The molecule has 8 nitrogen and oxygen atoms in total. The summed E-state index contributed by atoms with van der Waals surface area (Å²) in [7, 11) is 0. The van der Waals surface area contributed by atoms with Crippen molar-refractivity contribution in [2.45, 2.75) is 70.6 Å². The molecule has 3 unspecified atom stereocenters. The standard InChI is InChI=1S/C19H30N2O6/c1-19(2,3)27-18(25)21-14(16(22)23)6-4-5-9-20-17(24)26-15-11-12-7-8-13(15)10-12/h7-8,12-15H,4-6,9-11H2,1-3H3,(H,20,24)(H,21,25)(H,22,23)/t12?,13?,14-,15?/m0/s1. The van der Waals surface area contributed by atoms with E-state index in [0.29, 0.717) is 31.2 Å².